The molecule has 1 heterocycles. The van der Waals surface area contributed by atoms with Gasteiger partial charge < -0.3 is 9.88 Å². The van der Waals surface area contributed by atoms with E-state index >= 15 is 0 Å². The Morgan fingerprint density at radius 3 is 2.84 bits per heavy atom. The SMILES string of the molecule is CC(C)CCCNCCn1ccc2cc(F)ccc21. The van der Waals surface area contributed by atoms with Gasteiger partial charge in [0.25, 0.3) is 0 Å². The largest absolute Gasteiger partial charge is 0.346 e. The van der Waals surface area contributed by atoms with Gasteiger partial charge in [-0.1, -0.05) is 13.8 Å². The summed E-state index contributed by atoms with van der Waals surface area (Å²) in [5.74, 6) is 0.613. The third kappa shape index (κ3) is 4.06. The summed E-state index contributed by atoms with van der Waals surface area (Å²) in [5.41, 5.74) is 1.10. The van der Waals surface area contributed by atoms with Gasteiger partial charge in [-0.3, -0.25) is 0 Å². The Kier molecular flexibility index (Phi) is 4.97. The van der Waals surface area contributed by atoms with Crippen LogP contribution < -0.4 is 5.32 Å². The number of hydrogen-bond donors (Lipinski definition) is 1. The first kappa shape index (κ1) is 14.1. The lowest BCUT2D eigenvalue weighted by Gasteiger charge is -2.08. The molecule has 0 saturated carbocycles. The van der Waals surface area contributed by atoms with Crippen LogP contribution in [0.2, 0.25) is 0 Å². The number of nitrogens with one attached hydrogen (secondary N) is 1. The minimum absolute atomic E-state index is 0.169. The van der Waals surface area contributed by atoms with Gasteiger partial charge in [-0.25, -0.2) is 4.39 Å². The standard InChI is InChI=1S/C16H23FN2/c1-13(2)4-3-8-18-9-11-19-10-7-14-12-15(17)5-6-16(14)19/h5-7,10,12-13,18H,3-4,8-9,11H2,1-2H3. The second-order valence-electron chi connectivity index (χ2n) is 5.50. The number of benzene rings is 1. The molecule has 0 fully saturated rings. The third-order valence-electron chi connectivity index (χ3n) is 3.40. The molecule has 104 valence electrons. The van der Waals surface area contributed by atoms with Crippen molar-refractivity contribution in [3.8, 4) is 0 Å². The average molecular weight is 262 g/mol. The van der Waals surface area contributed by atoms with Crippen LogP contribution in [-0.4, -0.2) is 17.7 Å². The smallest absolute Gasteiger partial charge is 0.123 e. The fourth-order valence-electron chi connectivity index (χ4n) is 2.33. The van der Waals surface area contributed by atoms with E-state index in [9.17, 15) is 4.39 Å². The molecule has 2 rings (SSSR count). The molecule has 0 aliphatic rings. The zero-order valence-corrected chi connectivity index (χ0v) is 11.8. The molecule has 19 heavy (non-hydrogen) atoms. The van der Waals surface area contributed by atoms with Crippen molar-refractivity contribution >= 4 is 10.9 Å². The van der Waals surface area contributed by atoms with Gasteiger partial charge in [0, 0.05) is 30.2 Å². The predicted molar refractivity (Wildman–Crippen MR) is 78.8 cm³/mol. The van der Waals surface area contributed by atoms with Crippen LogP contribution in [0.1, 0.15) is 26.7 Å². The van der Waals surface area contributed by atoms with Crippen molar-refractivity contribution in [1.82, 2.24) is 9.88 Å². The molecule has 0 atom stereocenters. The molecule has 1 aromatic heterocycles. The van der Waals surface area contributed by atoms with Crippen LogP contribution in [0, 0.1) is 11.7 Å². The van der Waals surface area contributed by atoms with E-state index in [-0.39, 0.29) is 5.82 Å². The Balaban J connectivity index is 1.79. The highest BCUT2D eigenvalue weighted by molar-refractivity contribution is 5.80. The molecule has 0 radical (unpaired) electrons. The first-order chi connectivity index (χ1) is 9.16. The van der Waals surface area contributed by atoms with Gasteiger partial charge in [-0.15, -0.1) is 0 Å². The van der Waals surface area contributed by atoms with Gasteiger partial charge in [0.2, 0.25) is 0 Å². The van der Waals surface area contributed by atoms with Gasteiger partial charge in [0.15, 0.2) is 0 Å². The highest BCUT2D eigenvalue weighted by Gasteiger charge is 2.01. The first-order valence-electron chi connectivity index (χ1n) is 7.12. The number of fused-ring (bicyclic) bond motifs is 1. The number of hydrogen-bond acceptors (Lipinski definition) is 1. The van der Waals surface area contributed by atoms with E-state index in [4.69, 9.17) is 0 Å². The van der Waals surface area contributed by atoms with Crippen LogP contribution >= 0.6 is 0 Å². The van der Waals surface area contributed by atoms with Crippen molar-refractivity contribution < 1.29 is 4.39 Å². The summed E-state index contributed by atoms with van der Waals surface area (Å²) in [6.07, 6.45) is 4.54. The summed E-state index contributed by atoms with van der Waals surface area (Å²) in [4.78, 5) is 0. The average Bonchev–Trinajstić information content (AvgIpc) is 2.75. The van der Waals surface area contributed by atoms with E-state index in [0.29, 0.717) is 0 Å². The minimum atomic E-state index is -0.169. The van der Waals surface area contributed by atoms with Crippen LogP contribution in [0.15, 0.2) is 30.5 Å². The summed E-state index contributed by atoms with van der Waals surface area (Å²) in [6.45, 7) is 7.47. The topological polar surface area (TPSA) is 17.0 Å². The molecule has 0 unspecified atom stereocenters. The van der Waals surface area contributed by atoms with E-state index in [2.05, 4.69) is 23.7 Å². The lowest BCUT2D eigenvalue weighted by molar-refractivity contribution is 0.517. The Labute approximate surface area is 114 Å². The molecule has 0 aliphatic heterocycles. The minimum Gasteiger partial charge on any atom is -0.346 e. The van der Waals surface area contributed by atoms with Crippen molar-refractivity contribution in [3.05, 3.63) is 36.3 Å². The molecule has 0 saturated heterocycles. The summed E-state index contributed by atoms with van der Waals surface area (Å²) in [6, 6.07) is 6.93. The quantitative estimate of drug-likeness (QED) is 0.751. The van der Waals surface area contributed by atoms with E-state index < -0.39 is 0 Å². The van der Waals surface area contributed by atoms with Gasteiger partial charge in [0.1, 0.15) is 5.82 Å². The Hall–Kier alpha value is -1.35. The Morgan fingerprint density at radius 1 is 1.21 bits per heavy atom. The molecule has 1 aromatic carbocycles. The molecular formula is C16H23FN2. The predicted octanol–water partition coefficient (Wildman–Crippen LogP) is 3.81. The van der Waals surface area contributed by atoms with Crippen molar-refractivity contribution in [2.24, 2.45) is 5.92 Å². The first-order valence-corrected chi connectivity index (χ1v) is 7.12. The number of aromatic nitrogens is 1. The van der Waals surface area contributed by atoms with Gasteiger partial charge in [-0.2, -0.15) is 0 Å². The van der Waals surface area contributed by atoms with Crippen molar-refractivity contribution in [2.75, 3.05) is 13.1 Å². The highest BCUT2D eigenvalue weighted by atomic mass is 19.1. The van der Waals surface area contributed by atoms with Crippen LogP contribution in [0.4, 0.5) is 4.39 Å². The van der Waals surface area contributed by atoms with Crippen LogP contribution in [0.3, 0.4) is 0 Å². The number of rotatable bonds is 7. The zero-order valence-electron chi connectivity index (χ0n) is 11.8. The molecule has 3 heteroatoms. The molecule has 2 nitrogen and oxygen atoms in total. The normalized spacial score (nSPS) is 11.6. The van der Waals surface area contributed by atoms with Crippen molar-refractivity contribution in [2.45, 2.75) is 33.2 Å². The Morgan fingerprint density at radius 2 is 2.05 bits per heavy atom. The molecular weight excluding hydrogens is 239 g/mol. The summed E-state index contributed by atoms with van der Waals surface area (Å²) in [7, 11) is 0. The molecule has 0 spiro atoms. The maximum absolute atomic E-state index is 13.1. The van der Waals surface area contributed by atoms with Crippen LogP contribution in [-0.2, 0) is 6.54 Å². The second kappa shape index (κ2) is 6.71. The fraction of sp³-hybridized carbons (Fsp3) is 0.500. The molecule has 0 amide bonds. The van der Waals surface area contributed by atoms with Crippen molar-refractivity contribution in [1.29, 1.82) is 0 Å². The van der Waals surface area contributed by atoms with Crippen LogP contribution in [0.25, 0.3) is 10.9 Å². The van der Waals surface area contributed by atoms with E-state index in [1.54, 1.807) is 6.07 Å². The van der Waals surface area contributed by atoms with Crippen LogP contribution in [0.5, 0.6) is 0 Å². The van der Waals surface area contributed by atoms with E-state index in [1.165, 1.54) is 18.9 Å². The van der Waals surface area contributed by atoms with Crippen molar-refractivity contribution in [3.63, 3.8) is 0 Å². The lowest BCUT2D eigenvalue weighted by Crippen LogP contribution is -2.21. The number of halogens is 1. The number of nitrogens with zero attached hydrogens (tertiary/aromatic N) is 1. The van der Waals surface area contributed by atoms with E-state index in [0.717, 1.165) is 36.5 Å². The van der Waals surface area contributed by atoms with Gasteiger partial charge in [0.05, 0.1) is 0 Å². The molecule has 2 aromatic rings. The van der Waals surface area contributed by atoms with Gasteiger partial charge >= 0.3 is 0 Å². The molecule has 1 N–H and O–H groups in total. The maximum atomic E-state index is 13.1. The summed E-state index contributed by atoms with van der Waals surface area (Å²) >= 11 is 0. The zero-order chi connectivity index (χ0) is 13.7. The van der Waals surface area contributed by atoms with E-state index in [1.807, 2.05) is 18.3 Å². The molecule has 0 bridgehead atoms. The summed E-state index contributed by atoms with van der Waals surface area (Å²) in [5, 5.41) is 4.43. The third-order valence-corrected chi connectivity index (χ3v) is 3.40. The summed E-state index contributed by atoms with van der Waals surface area (Å²) < 4.78 is 15.3. The molecule has 0 aliphatic carbocycles. The lowest BCUT2D eigenvalue weighted by atomic mass is 10.1. The Bertz CT molecular complexity index is 516. The maximum Gasteiger partial charge on any atom is 0.123 e. The monoisotopic (exact) mass is 262 g/mol. The fourth-order valence-corrected chi connectivity index (χ4v) is 2.33. The van der Waals surface area contributed by atoms with Gasteiger partial charge in [-0.05, 0) is 49.6 Å². The highest BCUT2D eigenvalue weighted by Crippen LogP contribution is 2.16. The second-order valence-corrected chi connectivity index (χ2v) is 5.50.